The third-order valence-corrected chi connectivity index (χ3v) is 2.58. The molecule has 0 amide bonds. The van der Waals surface area contributed by atoms with Crippen LogP contribution in [-0.2, 0) is 4.74 Å². The van der Waals surface area contributed by atoms with Crippen molar-refractivity contribution in [3.8, 4) is 0 Å². The normalized spacial score (nSPS) is 42.8. The molecule has 0 aromatic carbocycles. The minimum Gasteiger partial charge on any atom is -0.375 e. The molecule has 0 aromatic rings. The standard InChI is InChI=1S/C8H15NO.ClH/c1-6-4-7-5-9-3-2-8(7)10-6;/h6-9H,2-5H2,1H3;1H/t6-,7-,8+;/m0./s1. The first kappa shape index (κ1) is 9.30. The lowest BCUT2D eigenvalue weighted by Crippen LogP contribution is -2.37. The summed E-state index contributed by atoms with van der Waals surface area (Å²) < 4.78 is 5.73. The molecular formula is C8H16ClNO. The number of halogens is 1. The van der Waals surface area contributed by atoms with Crippen LogP contribution >= 0.6 is 12.4 Å². The number of piperidine rings is 1. The molecule has 0 bridgehead atoms. The molecule has 2 rings (SSSR count). The fraction of sp³-hybridized carbons (Fsp3) is 1.00. The van der Waals surface area contributed by atoms with Crippen molar-refractivity contribution in [1.29, 1.82) is 0 Å². The van der Waals surface area contributed by atoms with Gasteiger partial charge in [-0.3, -0.25) is 0 Å². The molecule has 1 N–H and O–H groups in total. The second-order valence-corrected chi connectivity index (χ2v) is 3.47. The summed E-state index contributed by atoms with van der Waals surface area (Å²) in [7, 11) is 0. The van der Waals surface area contributed by atoms with Crippen LogP contribution in [0.3, 0.4) is 0 Å². The van der Waals surface area contributed by atoms with Gasteiger partial charge in [-0.25, -0.2) is 0 Å². The largest absolute Gasteiger partial charge is 0.375 e. The molecule has 0 radical (unpaired) electrons. The SMILES string of the molecule is C[C@H]1C[C@H]2CNCC[C@H]2O1.Cl. The number of hydrogen-bond donors (Lipinski definition) is 1. The van der Waals surface area contributed by atoms with E-state index >= 15 is 0 Å². The third kappa shape index (κ3) is 1.86. The molecule has 3 heteroatoms. The third-order valence-electron chi connectivity index (χ3n) is 2.58. The second kappa shape index (κ2) is 3.74. The number of nitrogens with one attached hydrogen (secondary N) is 1. The summed E-state index contributed by atoms with van der Waals surface area (Å²) in [4.78, 5) is 0. The van der Waals surface area contributed by atoms with Crippen molar-refractivity contribution in [3.05, 3.63) is 0 Å². The van der Waals surface area contributed by atoms with Crippen molar-refractivity contribution in [2.75, 3.05) is 13.1 Å². The van der Waals surface area contributed by atoms with E-state index in [9.17, 15) is 0 Å². The average molecular weight is 178 g/mol. The minimum absolute atomic E-state index is 0. The van der Waals surface area contributed by atoms with Gasteiger partial charge in [0.1, 0.15) is 0 Å². The highest BCUT2D eigenvalue weighted by atomic mass is 35.5. The monoisotopic (exact) mass is 177 g/mol. The van der Waals surface area contributed by atoms with Gasteiger partial charge in [0.05, 0.1) is 12.2 Å². The molecule has 0 aromatic heterocycles. The van der Waals surface area contributed by atoms with E-state index in [1.807, 2.05) is 0 Å². The van der Waals surface area contributed by atoms with E-state index in [0.29, 0.717) is 12.2 Å². The highest BCUT2D eigenvalue weighted by molar-refractivity contribution is 5.85. The topological polar surface area (TPSA) is 21.3 Å². The summed E-state index contributed by atoms with van der Waals surface area (Å²) in [6.07, 6.45) is 3.57. The Bertz CT molecular complexity index is 117. The molecule has 2 nitrogen and oxygen atoms in total. The van der Waals surface area contributed by atoms with Crippen LogP contribution in [-0.4, -0.2) is 25.3 Å². The number of rotatable bonds is 0. The molecule has 0 saturated carbocycles. The van der Waals surface area contributed by atoms with Gasteiger partial charge in [-0.1, -0.05) is 0 Å². The predicted octanol–water partition coefficient (Wildman–Crippen LogP) is 1.20. The molecule has 2 aliphatic rings. The fourth-order valence-electron chi connectivity index (χ4n) is 2.09. The van der Waals surface area contributed by atoms with E-state index in [-0.39, 0.29) is 12.4 Å². The van der Waals surface area contributed by atoms with Crippen molar-refractivity contribution < 1.29 is 4.74 Å². The van der Waals surface area contributed by atoms with Crippen molar-refractivity contribution in [3.63, 3.8) is 0 Å². The molecule has 3 atom stereocenters. The van der Waals surface area contributed by atoms with E-state index in [0.717, 1.165) is 12.5 Å². The first-order valence-electron chi connectivity index (χ1n) is 4.22. The van der Waals surface area contributed by atoms with Crippen LogP contribution < -0.4 is 5.32 Å². The average Bonchev–Trinajstić information content (AvgIpc) is 2.27. The maximum absolute atomic E-state index is 5.73. The zero-order chi connectivity index (χ0) is 6.97. The van der Waals surface area contributed by atoms with Gasteiger partial charge >= 0.3 is 0 Å². The summed E-state index contributed by atoms with van der Waals surface area (Å²) >= 11 is 0. The number of ether oxygens (including phenoxy) is 1. The van der Waals surface area contributed by atoms with Crippen LogP contribution in [0, 0.1) is 5.92 Å². The molecule has 2 aliphatic heterocycles. The molecular weight excluding hydrogens is 162 g/mol. The summed E-state index contributed by atoms with van der Waals surface area (Å²) in [6.45, 7) is 4.50. The Hall–Kier alpha value is 0.210. The van der Waals surface area contributed by atoms with Crippen molar-refractivity contribution >= 4 is 12.4 Å². The molecule has 2 fully saturated rings. The van der Waals surface area contributed by atoms with Crippen LogP contribution in [0.15, 0.2) is 0 Å². The highest BCUT2D eigenvalue weighted by Gasteiger charge is 2.34. The van der Waals surface area contributed by atoms with Gasteiger partial charge in [0.2, 0.25) is 0 Å². The van der Waals surface area contributed by atoms with Crippen molar-refractivity contribution in [2.45, 2.75) is 32.0 Å². The lowest BCUT2D eigenvalue weighted by Gasteiger charge is -2.24. The number of hydrogen-bond acceptors (Lipinski definition) is 2. The van der Waals surface area contributed by atoms with Crippen LogP contribution in [0.2, 0.25) is 0 Å². The summed E-state index contributed by atoms with van der Waals surface area (Å²) in [6, 6.07) is 0. The number of fused-ring (bicyclic) bond motifs is 1. The zero-order valence-electron chi connectivity index (χ0n) is 6.88. The van der Waals surface area contributed by atoms with Crippen LogP contribution in [0.1, 0.15) is 19.8 Å². The Labute approximate surface area is 74.1 Å². The lowest BCUT2D eigenvalue weighted by molar-refractivity contribution is 0.0312. The Kier molecular flexibility index (Phi) is 3.16. The van der Waals surface area contributed by atoms with E-state index in [2.05, 4.69) is 12.2 Å². The maximum Gasteiger partial charge on any atom is 0.0632 e. The molecule has 11 heavy (non-hydrogen) atoms. The van der Waals surface area contributed by atoms with Gasteiger partial charge in [0.15, 0.2) is 0 Å². The smallest absolute Gasteiger partial charge is 0.0632 e. The van der Waals surface area contributed by atoms with E-state index < -0.39 is 0 Å². The van der Waals surface area contributed by atoms with Crippen molar-refractivity contribution in [1.82, 2.24) is 5.32 Å². The maximum atomic E-state index is 5.73. The predicted molar refractivity (Wildman–Crippen MR) is 47.2 cm³/mol. The molecule has 2 saturated heterocycles. The van der Waals surface area contributed by atoms with Gasteiger partial charge in [-0.15, -0.1) is 12.4 Å². The van der Waals surface area contributed by atoms with E-state index in [4.69, 9.17) is 4.74 Å². The van der Waals surface area contributed by atoms with Gasteiger partial charge < -0.3 is 10.1 Å². The first-order chi connectivity index (χ1) is 4.86. The van der Waals surface area contributed by atoms with E-state index in [1.165, 1.54) is 19.4 Å². The van der Waals surface area contributed by atoms with Crippen LogP contribution in [0.5, 0.6) is 0 Å². The summed E-state index contributed by atoms with van der Waals surface area (Å²) in [5.74, 6) is 0.809. The Morgan fingerprint density at radius 3 is 3.00 bits per heavy atom. The fourth-order valence-corrected chi connectivity index (χ4v) is 2.09. The molecule has 0 aliphatic carbocycles. The minimum atomic E-state index is 0. The first-order valence-corrected chi connectivity index (χ1v) is 4.22. The molecule has 2 heterocycles. The van der Waals surface area contributed by atoms with Gasteiger partial charge in [-0.05, 0) is 26.3 Å². The van der Waals surface area contributed by atoms with Gasteiger partial charge in [0.25, 0.3) is 0 Å². The highest BCUT2D eigenvalue weighted by Crippen LogP contribution is 2.29. The lowest BCUT2D eigenvalue weighted by atomic mass is 9.95. The summed E-state index contributed by atoms with van der Waals surface area (Å²) in [5, 5.41) is 3.40. The quantitative estimate of drug-likeness (QED) is 0.601. The molecule has 66 valence electrons. The van der Waals surface area contributed by atoms with E-state index in [1.54, 1.807) is 0 Å². The van der Waals surface area contributed by atoms with Gasteiger partial charge in [0, 0.05) is 12.5 Å². The summed E-state index contributed by atoms with van der Waals surface area (Å²) in [5.41, 5.74) is 0. The zero-order valence-corrected chi connectivity index (χ0v) is 7.69. The Morgan fingerprint density at radius 2 is 2.27 bits per heavy atom. The van der Waals surface area contributed by atoms with Gasteiger partial charge in [-0.2, -0.15) is 0 Å². The van der Waals surface area contributed by atoms with Crippen molar-refractivity contribution in [2.24, 2.45) is 5.92 Å². The van der Waals surface area contributed by atoms with Crippen LogP contribution in [0.25, 0.3) is 0 Å². The second-order valence-electron chi connectivity index (χ2n) is 3.47. The molecule has 0 unspecified atom stereocenters. The Morgan fingerprint density at radius 1 is 1.45 bits per heavy atom. The Balaban J connectivity index is 0.000000605. The van der Waals surface area contributed by atoms with Crippen LogP contribution in [0.4, 0.5) is 0 Å². The molecule has 0 spiro atoms.